The molecule has 5 rings (SSSR count). The largest absolute Gasteiger partial charge is 0.479 e. The Hall–Kier alpha value is -2.76. The highest BCUT2D eigenvalue weighted by Gasteiger charge is 2.44. The number of halogens is 1. The number of hydrogen-bond acceptors (Lipinski definition) is 3. The average molecular weight is 451 g/mol. The maximum absolute atomic E-state index is 13.2. The number of aliphatic hydroxyl groups is 1. The van der Waals surface area contributed by atoms with Crippen LogP contribution in [-0.4, -0.2) is 40.2 Å². The van der Waals surface area contributed by atoms with Crippen LogP contribution in [0.1, 0.15) is 48.3 Å². The normalized spacial score (nSPS) is 16.9. The number of aliphatic hydroxyl groups excluding tert-OH is 1. The zero-order valence-corrected chi connectivity index (χ0v) is 19.1. The lowest BCUT2D eigenvalue weighted by molar-refractivity contribution is -0.00930. The van der Waals surface area contributed by atoms with E-state index in [9.17, 15) is 9.90 Å². The first kappa shape index (κ1) is 21.1. The lowest BCUT2D eigenvalue weighted by Gasteiger charge is -2.45. The Morgan fingerprint density at radius 2 is 1.84 bits per heavy atom. The third-order valence-electron chi connectivity index (χ3n) is 6.87. The van der Waals surface area contributed by atoms with Crippen LogP contribution in [0.3, 0.4) is 0 Å². The highest BCUT2D eigenvalue weighted by atomic mass is 35.5. The summed E-state index contributed by atoms with van der Waals surface area (Å²) in [4.78, 5) is 15.1. The third-order valence-corrected chi connectivity index (χ3v) is 7.10. The fraction of sp³-hybridized carbons (Fsp3) is 0.346. The maximum atomic E-state index is 13.2. The zero-order valence-electron chi connectivity index (χ0n) is 18.3. The van der Waals surface area contributed by atoms with Gasteiger partial charge in [-0.05, 0) is 42.0 Å². The van der Waals surface area contributed by atoms with Gasteiger partial charge in [-0.1, -0.05) is 37.6 Å². The van der Waals surface area contributed by atoms with E-state index in [1.807, 2.05) is 67.3 Å². The third kappa shape index (κ3) is 3.40. The van der Waals surface area contributed by atoms with Crippen molar-refractivity contribution < 1.29 is 14.6 Å². The van der Waals surface area contributed by atoms with Crippen LogP contribution in [0.25, 0.3) is 5.69 Å². The van der Waals surface area contributed by atoms with Crippen molar-refractivity contribution in [3.63, 3.8) is 0 Å². The Labute approximate surface area is 193 Å². The maximum Gasteiger partial charge on any atom is 0.253 e. The van der Waals surface area contributed by atoms with Gasteiger partial charge in [-0.15, -0.1) is 0 Å². The first-order valence-corrected chi connectivity index (χ1v) is 11.4. The molecule has 0 aliphatic carbocycles. The van der Waals surface area contributed by atoms with Crippen LogP contribution in [0, 0.1) is 0 Å². The number of ether oxygens (including phenoxy) is 1. The Balaban J connectivity index is 1.35. The van der Waals surface area contributed by atoms with Crippen LogP contribution in [0.15, 0.2) is 60.8 Å². The van der Waals surface area contributed by atoms with E-state index in [0.29, 0.717) is 36.5 Å². The van der Waals surface area contributed by atoms with Gasteiger partial charge in [0.05, 0.1) is 18.0 Å². The molecule has 1 fully saturated rings. The quantitative estimate of drug-likeness (QED) is 0.616. The molecule has 0 bridgehead atoms. The lowest BCUT2D eigenvalue weighted by Crippen LogP contribution is -2.50. The van der Waals surface area contributed by atoms with Crippen LogP contribution < -0.4 is 4.74 Å². The zero-order chi connectivity index (χ0) is 22.5. The van der Waals surface area contributed by atoms with Crippen LogP contribution in [0.4, 0.5) is 0 Å². The Bertz CT molecular complexity index is 1160. The molecule has 1 N–H and O–H groups in total. The molecular formula is C26H27ClN2O3. The molecule has 0 radical (unpaired) electrons. The van der Waals surface area contributed by atoms with Crippen molar-refractivity contribution in [3.05, 3.63) is 82.6 Å². The molecule has 1 aromatic heterocycles. The lowest BCUT2D eigenvalue weighted by atomic mass is 9.85. The molecule has 2 aromatic carbocycles. The van der Waals surface area contributed by atoms with Gasteiger partial charge in [-0.2, -0.15) is 0 Å². The smallest absolute Gasteiger partial charge is 0.253 e. The number of carbonyl (C=O) groups excluding carboxylic acids is 1. The second kappa shape index (κ2) is 7.68. The summed E-state index contributed by atoms with van der Waals surface area (Å²) < 4.78 is 8.73. The summed E-state index contributed by atoms with van der Waals surface area (Å²) >= 11 is 6.23. The first-order valence-electron chi connectivity index (χ1n) is 11.0. The van der Waals surface area contributed by atoms with E-state index in [1.54, 1.807) is 0 Å². The number of likely N-dealkylation sites (tertiary alicyclic amines) is 1. The van der Waals surface area contributed by atoms with Crippen molar-refractivity contribution in [2.24, 2.45) is 0 Å². The fourth-order valence-corrected chi connectivity index (χ4v) is 4.92. The highest BCUT2D eigenvalue weighted by molar-refractivity contribution is 6.30. The summed E-state index contributed by atoms with van der Waals surface area (Å²) in [6.45, 7) is 5.26. The van der Waals surface area contributed by atoms with Crippen molar-refractivity contribution in [1.29, 1.82) is 0 Å². The molecule has 1 spiro atoms. The molecule has 1 saturated heterocycles. The number of aromatic nitrogens is 1. The van der Waals surface area contributed by atoms with Crippen molar-refractivity contribution in [2.45, 2.75) is 37.7 Å². The van der Waals surface area contributed by atoms with Crippen LogP contribution >= 0.6 is 11.6 Å². The molecule has 3 heterocycles. The number of benzene rings is 2. The van der Waals surface area contributed by atoms with E-state index in [-0.39, 0.29) is 17.9 Å². The molecule has 0 saturated carbocycles. The first-order chi connectivity index (χ1) is 15.3. The monoisotopic (exact) mass is 450 g/mol. The summed E-state index contributed by atoms with van der Waals surface area (Å²) in [6, 6.07) is 17.5. The van der Waals surface area contributed by atoms with Gasteiger partial charge in [0.15, 0.2) is 5.60 Å². The van der Waals surface area contributed by atoms with E-state index < -0.39 is 5.60 Å². The number of nitrogens with zero attached hydrogens (tertiary/aromatic N) is 2. The summed E-state index contributed by atoms with van der Waals surface area (Å²) in [6.07, 6.45) is 3.48. The minimum atomic E-state index is -0.465. The SMILES string of the molecule is CC(C)(CO)c1ccc(C(=O)N2CCC3(CC2)Oc2cc(Cl)ccc2-n2cccc23)cc1. The van der Waals surface area contributed by atoms with Gasteiger partial charge in [-0.25, -0.2) is 0 Å². The van der Waals surface area contributed by atoms with E-state index in [2.05, 4.69) is 16.8 Å². The molecule has 0 atom stereocenters. The number of carbonyl (C=O) groups is 1. The molecular weight excluding hydrogens is 424 g/mol. The van der Waals surface area contributed by atoms with Gasteiger partial charge in [0.2, 0.25) is 0 Å². The summed E-state index contributed by atoms with van der Waals surface area (Å²) in [7, 11) is 0. The number of amides is 1. The van der Waals surface area contributed by atoms with Gasteiger partial charge in [0.1, 0.15) is 5.75 Å². The standard InChI is InChI=1S/C26H27ClN2O3/c1-25(2,17-30)19-7-5-18(6-8-19)24(31)28-14-11-26(12-15-28)23-4-3-13-29(23)21-10-9-20(27)16-22(21)32-26/h3-10,13,16,30H,11-12,14-15,17H2,1-2H3. The van der Waals surface area contributed by atoms with Crippen molar-refractivity contribution in [1.82, 2.24) is 9.47 Å². The van der Waals surface area contributed by atoms with Gasteiger partial charge >= 0.3 is 0 Å². The van der Waals surface area contributed by atoms with Crippen molar-refractivity contribution in [3.8, 4) is 11.4 Å². The molecule has 32 heavy (non-hydrogen) atoms. The number of piperidine rings is 1. The molecule has 2 aliphatic heterocycles. The van der Waals surface area contributed by atoms with E-state index in [4.69, 9.17) is 16.3 Å². The van der Waals surface area contributed by atoms with E-state index in [0.717, 1.165) is 22.7 Å². The van der Waals surface area contributed by atoms with E-state index in [1.165, 1.54) is 0 Å². The summed E-state index contributed by atoms with van der Waals surface area (Å²) in [5, 5.41) is 10.2. The van der Waals surface area contributed by atoms with Gasteiger partial charge in [0.25, 0.3) is 5.91 Å². The summed E-state index contributed by atoms with van der Waals surface area (Å²) in [5.41, 5.74) is 3.00. The Morgan fingerprint density at radius 1 is 1.12 bits per heavy atom. The Kier molecular flexibility index (Phi) is 5.06. The second-order valence-electron chi connectivity index (χ2n) is 9.38. The van der Waals surface area contributed by atoms with E-state index >= 15 is 0 Å². The van der Waals surface area contributed by atoms with Crippen LogP contribution in [-0.2, 0) is 11.0 Å². The number of hydrogen-bond donors (Lipinski definition) is 1. The van der Waals surface area contributed by atoms with Crippen molar-refractivity contribution in [2.75, 3.05) is 19.7 Å². The second-order valence-corrected chi connectivity index (χ2v) is 9.82. The fourth-order valence-electron chi connectivity index (χ4n) is 4.76. The van der Waals surface area contributed by atoms with Crippen LogP contribution in [0.2, 0.25) is 5.02 Å². The van der Waals surface area contributed by atoms with Crippen LogP contribution in [0.5, 0.6) is 5.75 Å². The van der Waals surface area contributed by atoms with Gasteiger partial charge < -0.3 is 19.3 Å². The Morgan fingerprint density at radius 3 is 2.53 bits per heavy atom. The number of fused-ring (bicyclic) bond motifs is 4. The van der Waals surface area contributed by atoms with Crippen molar-refractivity contribution >= 4 is 17.5 Å². The van der Waals surface area contributed by atoms with Gasteiger partial charge in [0, 0.05) is 54.2 Å². The number of rotatable bonds is 3. The summed E-state index contributed by atoms with van der Waals surface area (Å²) in [5.74, 6) is 0.811. The molecule has 5 nitrogen and oxygen atoms in total. The molecule has 166 valence electrons. The molecule has 3 aromatic rings. The molecule has 6 heteroatoms. The minimum absolute atomic E-state index is 0.0304. The van der Waals surface area contributed by atoms with Gasteiger partial charge in [-0.3, -0.25) is 4.79 Å². The predicted molar refractivity (Wildman–Crippen MR) is 125 cm³/mol. The topological polar surface area (TPSA) is 54.7 Å². The highest BCUT2D eigenvalue weighted by Crippen LogP contribution is 2.45. The molecule has 2 aliphatic rings. The molecule has 1 amide bonds. The minimum Gasteiger partial charge on any atom is -0.479 e. The predicted octanol–water partition coefficient (Wildman–Crippen LogP) is 4.92. The molecule has 0 unspecified atom stereocenters. The average Bonchev–Trinajstić information content (AvgIpc) is 3.30.